The second-order valence-electron chi connectivity index (χ2n) is 3.23. The van der Waals surface area contributed by atoms with Gasteiger partial charge in [-0.3, -0.25) is 0 Å². The van der Waals surface area contributed by atoms with Crippen LogP contribution >= 0.6 is 0 Å². The number of hydrogen-bond donors (Lipinski definition) is 1. The maximum atomic E-state index is 3.26. The van der Waals surface area contributed by atoms with Gasteiger partial charge < -0.3 is 4.98 Å². The quantitative estimate of drug-likeness (QED) is 0.620. The van der Waals surface area contributed by atoms with Crippen LogP contribution < -0.4 is 0 Å². The zero-order valence-electron chi connectivity index (χ0n) is 7.12. The van der Waals surface area contributed by atoms with E-state index < -0.39 is 0 Å². The molecule has 1 aliphatic carbocycles. The average molecular weight is 167 g/mol. The first-order chi connectivity index (χ1) is 6.45. The van der Waals surface area contributed by atoms with Gasteiger partial charge in [-0.1, -0.05) is 36.4 Å². The van der Waals surface area contributed by atoms with E-state index in [1.807, 2.05) is 0 Å². The van der Waals surface area contributed by atoms with Crippen molar-refractivity contribution in [3.05, 3.63) is 47.7 Å². The third kappa shape index (κ3) is 0.872. The molecule has 1 heterocycles. The van der Waals surface area contributed by atoms with Crippen molar-refractivity contribution in [2.24, 2.45) is 0 Å². The van der Waals surface area contributed by atoms with Crippen molar-refractivity contribution >= 4 is 23.1 Å². The second-order valence-corrected chi connectivity index (χ2v) is 3.23. The molecule has 1 aromatic carbocycles. The molecule has 13 heavy (non-hydrogen) atoms. The molecule has 1 heteroatoms. The molecular weight excluding hydrogens is 158 g/mol. The van der Waals surface area contributed by atoms with Gasteiger partial charge in [0.2, 0.25) is 0 Å². The van der Waals surface area contributed by atoms with Crippen molar-refractivity contribution in [3.63, 3.8) is 0 Å². The van der Waals surface area contributed by atoms with Gasteiger partial charge in [-0.2, -0.15) is 0 Å². The Bertz CT molecular complexity index is 515. The van der Waals surface area contributed by atoms with Crippen LogP contribution in [0.15, 0.2) is 36.5 Å². The Balaban J connectivity index is 2.56. The number of rotatable bonds is 0. The number of aromatic nitrogens is 1. The molecule has 1 N–H and O–H groups in total. The zero-order valence-corrected chi connectivity index (χ0v) is 7.12. The van der Waals surface area contributed by atoms with Gasteiger partial charge >= 0.3 is 0 Å². The summed E-state index contributed by atoms with van der Waals surface area (Å²) in [4.78, 5) is 3.26. The van der Waals surface area contributed by atoms with Gasteiger partial charge in [-0.25, -0.2) is 0 Å². The van der Waals surface area contributed by atoms with Crippen molar-refractivity contribution in [1.29, 1.82) is 0 Å². The first-order valence-corrected chi connectivity index (χ1v) is 4.40. The van der Waals surface area contributed by atoms with Crippen LogP contribution in [0.25, 0.3) is 23.1 Å². The van der Waals surface area contributed by atoms with E-state index in [2.05, 4.69) is 53.7 Å². The lowest BCUT2D eigenvalue weighted by molar-refractivity contribution is 1.47. The summed E-state index contributed by atoms with van der Waals surface area (Å²) in [5.74, 6) is 0. The number of nitrogens with one attached hydrogen (secondary N) is 1. The predicted octanol–water partition coefficient (Wildman–Crippen LogP) is 3.21. The van der Waals surface area contributed by atoms with E-state index in [0.29, 0.717) is 0 Å². The Morgan fingerprint density at radius 2 is 1.77 bits per heavy atom. The highest BCUT2D eigenvalue weighted by Gasteiger charge is 2.05. The zero-order chi connectivity index (χ0) is 8.67. The van der Waals surface area contributed by atoms with Gasteiger partial charge in [0.05, 0.1) is 0 Å². The summed E-state index contributed by atoms with van der Waals surface area (Å²) >= 11 is 0. The molecule has 0 fully saturated rings. The number of H-pyrrole nitrogens is 1. The lowest BCUT2D eigenvalue weighted by Gasteiger charge is -1.96. The van der Waals surface area contributed by atoms with Crippen LogP contribution in [-0.4, -0.2) is 4.98 Å². The predicted molar refractivity (Wildman–Crippen MR) is 56.4 cm³/mol. The molecular formula is C12H9N. The molecule has 1 aliphatic rings. The summed E-state index contributed by atoms with van der Waals surface area (Å²) in [7, 11) is 0. The van der Waals surface area contributed by atoms with Gasteiger partial charge in [0.25, 0.3) is 0 Å². The van der Waals surface area contributed by atoms with Crippen molar-refractivity contribution < 1.29 is 0 Å². The number of allylic oxidation sites excluding steroid dienone is 2. The molecule has 0 unspecified atom stereocenters. The van der Waals surface area contributed by atoms with Crippen LogP contribution in [0.4, 0.5) is 0 Å². The van der Waals surface area contributed by atoms with Crippen molar-refractivity contribution in [2.75, 3.05) is 0 Å². The van der Waals surface area contributed by atoms with Crippen LogP contribution in [0.1, 0.15) is 11.1 Å². The fraction of sp³-hybridized carbons (Fsp3) is 0. The number of hydrogen-bond acceptors (Lipinski definition) is 0. The molecule has 0 aliphatic heterocycles. The third-order valence-corrected chi connectivity index (χ3v) is 2.43. The maximum absolute atomic E-state index is 3.26. The highest BCUT2D eigenvalue weighted by Crippen LogP contribution is 2.26. The van der Waals surface area contributed by atoms with Gasteiger partial charge in [-0.05, 0) is 11.6 Å². The Morgan fingerprint density at radius 3 is 2.69 bits per heavy atom. The van der Waals surface area contributed by atoms with Crippen LogP contribution in [0.5, 0.6) is 0 Å². The molecule has 0 atom stereocenters. The van der Waals surface area contributed by atoms with E-state index in [4.69, 9.17) is 0 Å². The third-order valence-electron chi connectivity index (χ3n) is 2.43. The average Bonchev–Trinajstić information content (AvgIpc) is 2.44. The molecule has 0 amide bonds. The Hall–Kier alpha value is -1.76. The van der Waals surface area contributed by atoms with Crippen molar-refractivity contribution in [2.45, 2.75) is 0 Å². The molecule has 0 saturated carbocycles. The Labute approximate surface area is 76.4 Å². The minimum Gasteiger partial charge on any atom is -0.361 e. The van der Waals surface area contributed by atoms with E-state index in [1.165, 1.54) is 22.0 Å². The molecule has 0 radical (unpaired) electrons. The molecule has 1 aromatic heterocycles. The SMILES string of the molecule is C1=Cc2cccc3[nH]cc(c23)C=C1. The van der Waals surface area contributed by atoms with Gasteiger partial charge in [0.15, 0.2) is 0 Å². The fourth-order valence-electron chi connectivity index (χ4n) is 1.83. The van der Waals surface area contributed by atoms with Crippen LogP contribution in [0.3, 0.4) is 0 Å². The summed E-state index contributed by atoms with van der Waals surface area (Å²) in [6.45, 7) is 0. The number of aromatic amines is 1. The number of benzene rings is 1. The minimum atomic E-state index is 1.21. The molecule has 1 nitrogen and oxygen atoms in total. The first-order valence-electron chi connectivity index (χ1n) is 4.40. The molecule has 0 bridgehead atoms. The summed E-state index contributed by atoms with van der Waals surface area (Å²) in [5, 5.41) is 1.33. The highest BCUT2D eigenvalue weighted by atomic mass is 14.7. The van der Waals surface area contributed by atoms with Crippen LogP contribution in [-0.2, 0) is 0 Å². The van der Waals surface area contributed by atoms with E-state index in [1.54, 1.807) is 0 Å². The van der Waals surface area contributed by atoms with Gasteiger partial charge in [0.1, 0.15) is 0 Å². The van der Waals surface area contributed by atoms with E-state index in [9.17, 15) is 0 Å². The van der Waals surface area contributed by atoms with Crippen molar-refractivity contribution in [3.8, 4) is 0 Å². The normalized spacial score (nSPS) is 13.5. The van der Waals surface area contributed by atoms with E-state index >= 15 is 0 Å². The first kappa shape index (κ1) is 6.72. The van der Waals surface area contributed by atoms with Crippen LogP contribution in [0.2, 0.25) is 0 Å². The standard InChI is InChI=1S/C12H9N/c1-2-5-10-8-13-11-7-3-6-9(4-1)12(10)11/h1-8,13H. The minimum absolute atomic E-state index is 1.21. The van der Waals surface area contributed by atoms with E-state index in [-0.39, 0.29) is 0 Å². The molecule has 2 aromatic rings. The summed E-state index contributed by atoms with van der Waals surface area (Å²) < 4.78 is 0. The highest BCUT2D eigenvalue weighted by molar-refractivity contribution is 5.97. The lowest BCUT2D eigenvalue weighted by atomic mass is 10.1. The summed E-state index contributed by atoms with van der Waals surface area (Å²) in [5.41, 5.74) is 3.78. The van der Waals surface area contributed by atoms with Gasteiger partial charge in [0, 0.05) is 22.7 Å². The Morgan fingerprint density at radius 1 is 0.923 bits per heavy atom. The lowest BCUT2D eigenvalue weighted by Crippen LogP contribution is -1.74. The monoisotopic (exact) mass is 167 g/mol. The topological polar surface area (TPSA) is 15.8 Å². The second kappa shape index (κ2) is 2.36. The Kier molecular flexibility index (Phi) is 1.22. The molecule has 62 valence electrons. The largest absolute Gasteiger partial charge is 0.361 e. The fourth-order valence-corrected chi connectivity index (χ4v) is 1.83. The molecule has 0 spiro atoms. The van der Waals surface area contributed by atoms with Crippen LogP contribution in [0, 0.1) is 0 Å². The summed E-state index contributed by atoms with van der Waals surface area (Å²) in [6, 6.07) is 6.33. The van der Waals surface area contributed by atoms with Gasteiger partial charge in [-0.15, -0.1) is 0 Å². The van der Waals surface area contributed by atoms with Crippen molar-refractivity contribution in [1.82, 2.24) is 4.98 Å². The smallest absolute Gasteiger partial charge is 0.0466 e. The van der Waals surface area contributed by atoms with E-state index in [0.717, 1.165) is 0 Å². The maximum Gasteiger partial charge on any atom is 0.0466 e. The molecule has 3 rings (SSSR count). The summed E-state index contributed by atoms with van der Waals surface area (Å²) in [6.07, 6.45) is 10.5. The molecule has 0 saturated heterocycles.